The van der Waals surface area contributed by atoms with E-state index in [1.807, 2.05) is 53.3 Å². The Kier molecular flexibility index (Phi) is 4.36. The quantitative estimate of drug-likeness (QED) is 0.772. The molecule has 1 unspecified atom stereocenters. The van der Waals surface area contributed by atoms with E-state index in [-0.39, 0.29) is 6.04 Å². The van der Waals surface area contributed by atoms with Crippen molar-refractivity contribution in [2.24, 2.45) is 0 Å². The SMILES string of the molecule is CC(NCc1ccn(-c2ccccc2)n1)C1=Cc2ccccc2OC1. The molecule has 4 nitrogen and oxygen atoms in total. The zero-order chi connectivity index (χ0) is 17.1. The molecular formula is C21H21N3O. The minimum atomic E-state index is 0.232. The lowest BCUT2D eigenvalue weighted by molar-refractivity contribution is 0.334. The standard InChI is InChI=1S/C21H21N3O/c1-16(18-13-17-7-5-6-10-21(17)25-15-18)22-14-19-11-12-24(23-19)20-8-3-2-4-9-20/h2-13,16,22H,14-15H2,1H3. The van der Waals surface area contributed by atoms with Crippen LogP contribution in [-0.4, -0.2) is 22.4 Å². The van der Waals surface area contributed by atoms with Crippen molar-refractivity contribution in [3.05, 3.63) is 83.7 Å². The van der Waals surface area contributed by atoms with Gasteiger partial charge in [0.15, 0.2) is 0 Å². The summed E-state index contributed by atoms with van der Waals surface area (Å²) in [5.41, 5.74) is 4.49. The molecule has 2 heterocycles. The van der Waals surface area contributed by atoms with Crippen molar-refractivity contribution in [1.29, 1.82) is 0 Å². The molecule has 0 spiro atoms. The van der Waals surface area contributed by atoms with E-state index in [9.17, 15) is 0 Å². The molecule has 126 valence electrons. The van der Waals surface area contributed by atoms with Crippen molar-refractivity contribution in [3.8, 4) is 11.4 Å². The molecule has 1 aliphatic heterocycles. The molecule has 1 N–H and O–H groups in total. The highest BCUT2D eigenvalue weighted by atomic mass is 16.5. The molecule has 1 aromatic heterocycles. The van der Waals surface area contributed by atoms with Gasteiger partial charge in [0.05, 0.1) is 11.4 Å². The third kappa shape index (κ3) is 3.49. The van der Waals surface area contributed by atoms with E-state index in [0.29, 0.717) is 6.61 Å². The highest BCUT2D eigenvalue weighted by Crippen LogP contribution is 2.26. The van der Waals surface area contributed by atoms with Crippen LogP contribution in [0.3, 0.4) is 0 Å². The molecule has 0 aliphatic carbocycles. The Balaban J connectivity index is 1.41. The first-order chi connectivity index (χ1) is 12.3. The van der Waals surface area contributed by atoms with Crippen LogP contribution in [0.15, 0.2) is 72.4 Å². The lowest BCUT2D eigenvalue weighted by Crippen LogP contribution is -2.31. The number of hydrogen-bond donors (Lipinski definition) is 1. The van der Waals surface area contributed by atoms with Gasteiger partial charge in [-0.05, 0) is 42.8 Å². The molecule has 0 amide bonds. The fourth-order valence-corrected chi connectivity index (χ4v) is 2.95. The van der Waals surface area contributed by atoms with E-state index >= 15 is 0 Å². The summed E-state index contributed by atoms with van der Waals surface area (Å²) in [6.45, 7) is 3.51. The Morgan fingerprint density at radius 1 is 1.08 bits per heavy atom. The largest absolute Gasteiger partial charge is 0.489 e. The van der Waals surface area contributed by atoms with Crippen LogP contribution >= 0.6 is 0 Å². The molecule has 0 radical (unpaired) electrons. The number of para-hydroxylation sites is 2. The molecule has 25 heavy (non-hydrogen) atoms. The lowest BCUT2D eigenvalue weighted by atomic mass is 10.0. The summed E-state index contributed by atoms with van der Waals surface area (Å²) in [7, 11) is 0. The van der Waals surface area contributed by atoms with Crippen molar-refractivity contribution < 1.29 is 4.74 Å². The average Bonchev–Trinajstić information content (AvgIpc) is 3.15. The Labute approximate surface area is 147 Å². The van der Waals surface area contributed by atoms with Crippen LogP contribution < -0.4 is 10.1 Å². The fraction of sp³-hybridized carbons (Fsp3) is 0.190. The van der Waals surface area contributed by atoms with E-state index < -0.39 is 0 Å². The van der Waals surface area contributed by atoms with Gasteiger partial charge in [-0.15, -0.1) is 0 Å². The van der Waals surface area contributed by atoms with Crippen molar-refractivity contribution in [2.45, 2.75) is 19.5 Å². The van der Waals surface area contributed by atoms with Crippen molar-refractivity contribution in [2.75, 3.05) is 6.61 Å². The summed E-state index contributed by atoms with van der Waals surface area (Å²) >= 11 is 0. The van der Waals surface area contributed by atoms with Crippen molar-refractivity contribution in [3.63, 3.8) is 0 Å². The number of hydrogen-bond acceptors (Lipinski definition) is 3. The monoisotopic (exact) mass is 331 g/mol. The van der Waals surface area contributed by atoms with Crippen LogP contribution in [0.25, 0.3) is 11.8 Å². The van der Waals surface area contributed by atoms with Gasteiger partial charge in [0.25, 0.3) is 0 Å². The summed E-state index contributed by atoms with van der Waals surface area (Å²) in [4.78, 5) is 0. The number of rotatable bonds is 5. The average molecular weight is 331 g/mol. The molecule has 0 saturated heterocycles. The molecule has 3 aromatic rings. The van der Waals surface area contributed by atoms with E-state index in [4.69, 9.17) is 4.74 Å². The highest BCUT2D eigenvalue weighted by Gasteiger charge is 2.16. The molecule has 0 bridgehead atoms. The van der Waals surface area contributed by atoms with E-state index in [0.717, 1.165) is 29.2 Å². The van der Waals surface area contributed by atoms with Crippen molar-refractivity contribution in [1.82, 2.24) is 15.1 Å². The number of aromatic nitrogens is 2. The second-order valence-electron chi connectivity index (χ2n) is 6.24. The molecule has 4 heteroatoms. The first kappa shape index (κ1) is 15.7. The molecule has 0 saturated carbocycles. The van der Waals surface area contributed by atoms with E-state index in [1.54, 1.807) is 0 Å². The number of fused-ring (bicyclic) bond motifs is 1. The molecule has 2 aromatic carbocycles. The maximum Gasteiger partial charge on any atom is 0.127 e. The number of nitrogens with zero attached hydrogens (tertiary/aromatic N) is 2. The Morgan fingerprint density at radius 2 is 1.88 bits per heavy atom. The van der Waals surface area contributed by atoms with Gasteiger partial charge in [0.2, 0.25) is 0 Å². The third-order valence-corrected chi connectivity index (χ3v) is 4.46. The first-order valence-electron chi connectivity index (χ1n) is 8.55. The van der Waals surface area contributed by atoms with E-state index in [2.05, 4.69) is 41.6 Å². The van der Waals surface area contributed by atoms with Gasteiger partial charge in [-0.25, -0.2) is 4.68 Å². The van der Waals surface area contributed by atoms with Gasteiger partial charge < -0.3 is 10.1 Å². The second kappa shape index (κ2) is 6.95. The normalized spacial score (nSPS) is 14.4. The Bertz CT molecular complexity index is 883. The zero-order valence-electron chi connectivity index (χ0n) is 14.2. The van der Waals surface area contributed by atoms with Crippen LogP contribution in [0, 0.1) is 0 Å². The first-order valence-corrected chi connectivity index (χ1v) is 8.55. The van der Waals surface area contributed by atoms with Crippen LogP contribution in [0.5, 0.6) is 5.75 Å². The maximum atomic E-state index is 5.84. The van der Waals surface area contributed by atoms with Crippen LogP contribution in [0.2, 0.25) is 0 Å². The molecule has 1 aliphatic rings. The number of ether oxygens (including phenoxy) is 1. The lowest BCUT2D eigenvalue weighted by Gasteiger charge is -2.23. The minimum Gasteiger partial charge on any atom is -0.489 e. The summed E-state index contributed by atoms with van der Waals surface area (Å²) in [6, 6.07) is 20.6. The van der Waals surface area contributed by atoms with Gasteiger partial charge in [-0.1, -0.05) is 36.4 Å². The predicted octanol–water partition coefficient (Wildman–Crippen LogP) is 3.83. The topological polar surface area (TPSA) is 39.1 Å². The zero-order valence-corrected chi connectivity index (χ0v) is 14.2. The highest BCUT2D eigenvalue weighted by molar-refractivity contribution is 5.62. The second-order valence-corrected chi connectivity index (χ2v) is 6.24. The summed E-state index contributed by atoms with van der Waals surface area (Å²) in [5, 5.41) is 8.18. The third-order valence-electron chi connectivity index (χ3n) is 4.46. The van der Waals surface area contributed by atoms with Crippen LogP contribution in [0.1, 0.15) is 18.2 Å². The van der Waals surface area contributed by atoms with E-state index in [1.165, 1.54) is 5.57 Å². The predicted molar refractivity (Wildman–Crippen MR) is 99.8 cm³/mol. The van der Waals surface area contributed by atoms with Gasteiger partial charge >= 0.3 is 0 Å². The Morgan fingerprint density at radius 3 is 2.76 bits per heavy atom. The van der Waals surface area contributed by atoms with Crippen LogP contribution in [0.4, 0.5) is 0 Å². The number of benzene rings is 2. The molecule has 4 rings (SSSR count). The van der Waals surface area contributed by atoms with Gasteiger partial charge in [0.1, 0.15) is 12.4 Å². The maximum absolute atomic E-state index is 5.84. The summed E-state index contributed by atoms with van der Waals surface area (Å²) in [5.74, 6) is 0.958. The van der Waals surface area contributed by atoms with Gasteiger partial charge in [-0.3, -0.25) is 0 Å². The smallest absolute Gasteiger partial charge is 0.127 e. The fourth-order valence-electron chi connectivity index (χ4n) is 2.95. The van der Waals surface area contributed by atoms with Crippen LogP contribution in [-0.2, 0) is 6.54 Å². The molecule has 1 atom stereocenters. The minimum absolute atomic E-state index is 0.232. The molecular weight excluding hydrogens is 310 g/mol. The molecule has 0 fully saturated rings. The number of nitrogens with one attached hydrogen (secondary N) is 1. The Hall–Kier alpha value is -2.85. The van der Waals surface area contributed by atoms with Gasteiger partial charge in [0, 0.05) is 24.3 Å². The van der Waals surface area contributed by atoms with Crippen molar-refractivity contribution >= 4 is 6.08 Å². The van der Waals surface area contributed by atoms with Gasteiger partial charge in [-0.2, -0.15) is 5.10 Å². The summed E-state index contributed by atoms with van der Waals surface area (Å²) < 4.78 is 7.75. The summed E-state index contributed by atoms with van der Waals surface area (Å²) in [6.07, 6.45) is 4.22.